The lowest BCUT2D eigenvalue weighted by molar-refractivity contribution is -0.142. The molecule has 1 unspecified atom stereocenters. The molecule has 0 bridgehead atoms. The van der Waals surface area contributed by atoms with E-state index in [0.29, 0.717) is 0 Å². The van der Waals surface area contributed by atoms with E-state index < -0.39 is 11.9 Å². The average molecular weight is 226 g/mol. The first-order valence-electron chi connectivity index (χ1n) is 4.81. The first-order chi connectivity index (χ1) is 7.50. The van der Waals surface area contributed by atoms with Gasteiger partial charge in [-0.2, -0.15) is 0 Å². The minimum Gasteiger partial charge on any atom is -0.481 e. The maximum absolute atomic E-state index is 11.6. The molecule has 0 aliphatic carbocycles. The summed E-state index contributed by atoms with van der Waals surface area (Å²) in [5, 5.41) is 15.9. The average Bonchev–Trinajstić information content (AvgIpc) is 2.69. The van der Waals surface area contributed by atoms with E-state index >= 15 is 0 Å². The zero-order valence-electron chi connectivity index (χ0n) is 9.20. The van der Waals surface area contributed by atoms with Crippen molar-refractivity contribution in [2.75, 3.05) is 13.6 Å². The van der Waals surface area contributed by atoms with Gasteiger partial charge in [0.15, 0.2) is 0 Å². The molecule has 7 heteroatoms. The van der Waals surface area contributed by atoms with Crippen molar-refractivity contribution in [3.05, 3.63) is 12.4 Å². The normalized spacial score (nSPS) is 12.1. The number of carboxylic acid groups (broad SMARTS) is 1. The van der Waals surface area contributed by atoms with Crippen molar-refractivity contribution in [1.82, 2.24) is 19.9 Å². The van der Waals surface area contributed by atoms with Gasteiger partial charge in [0.1, 0.15) is 6.54 Å². The minimum atomic E-state index is -0.916. The molecule has 0 radical (unpaired) electrons. The highest BCUT2D eigenvalue weighted by atomic mass is 16.4. The molecule has 1 atom stereocenters. The highest BCUT2D eigenvalue weighted by Gasteiger charge is 2.17. The largest absolute Gasteiger partial charge is 0.481 e. The van der Waals surface area contributed by atoms with Crippen molar-refractivity contribution in [2.24, 2.45) is 5.92 Å². The summed E-state index contributed by atoms with van der Waals surface area (Å²) in [4.78, 5) is 23.6. The van der Waals surface area contributed by atoms with E-state index in [-0.39, 0.29) is 19.0 Å². The summed E-state index contributed by atoms with van der Waals surface area (Å²) < 4.78 is 1.39. The fraction of sp³-hybridized carbons (Fsp3) is 0.556. The third kappa shape index (κ3) is 3.34. The van der Waals surface area contributed by atoms with Crippen LogP contribution in [-0.4, -0.2) is 50.5 Å². The lowest BCUT2D eigenvalue weighted by atomic mass is 10.2. The van der Waals surface area contributed by atoms with Crippen LogP contribution in [0.5, 0.6) is 0 Å². The Kier molecular flexibility index (Phi) is 3.98. The summed E-state index contributed by atoms with van der Waals surface area (Å²) in [6, 6.07) is 0. The molecule has 1 aromatic heterocycles. The Morgan fingerprint density at radius 2 is 2.25 bits per heavy atom. The first kappa shape index (κ1) is 12.2. The smallest absolute Gasteiger partial charge is 0.308 e. The Morgan fingerprint density at radius 1 is 1.56 bits per heavy atom. The third-order valence-electron chi connectivity index (χ3n) is 2.16. The summed E-state index contributed by atoms with van der Waals surface area (Å²) in [5.74, 6) is -1.69. The number of likely N-dealkylation sites (N-methyl/N-ethyl adjacent to an activating group) is 1. The van der Waals surface area contributed by atoms with Gasteiger partial charge in [-0.3, -0.25) is 9.59 Å². The number of aromatic nitrogens is 3. The summed E-state index contributed by atoms with van der Waals surface area (Å²) >= 11 is 0. The van der Waals surface area contributed by atoms with Crippen molar-refractivity contribution in [3.63, 3.8) is 0 Å². The topological polar surface area (TPSA) is 88.3 Å². The summed E-state index contributed by atoms with van der Waals surface area (Å²) in [7, 11) is 1.57. The summed E-state index contributed by atoms with van der Waals surface area (Å²) in [5.41, 5.74) is 0. The SMILES string of the molecule is CC(CN(C)C(=O)Cn1ccnn1)C(=O)O. The van der Waals surface area contributed by atoms with Gasteiger partial charge in [-0.1, -0.05) is 12.1 Å². The molecule has 1 N–H and O–H groups in total. The zero-order chi connectivity index (χ0) is 12.1. The second-order valence-corrected chi connectivity index (χ2v) is 3.61. The number of nitrogens with zero attached hydrogens (tertiary/aromatic N) is 4. The van der Waals surface area contributed by atoms with Crippen LogP contribution in [0.4, 0.5) is 0 Å². The van der Waals surface area contributed by atoms with Gasteiger partial charge in [-0.05, 0) is 0 Å². The van der Waals surface area contributed by atoms with Crippen LogP contribution in [0.15, 0.2) is 12.4 Å². The van der Waals surface area contributed by atoms with Gasteiger partial charge >= 0.3 is 5.97 Å². The van der Waals surface area contributed by atoms with Gasteiger partial charge in [-0.15, -0.1) is 5.10 Å². The van der Waals surface area contributed by atoms with E-state index in [1.54, 1.807) is 20.2 Å². The van der Waals surface area contributed by atoms with Crippen LogP contribution in [0.2, 0.25) is 0 Å². The van der Waals surface area contributed by atoms with Crippen molar-refractivity contribution in [2.45, 2.75) is 13.5 Å². The second kappa shape index (κ2) is 5.24. The van der Waals surface area contributed by atoms with Crippen LogP contribution in [0, 0.1) is 5.92 Å². The Hall–Kier alpha value is -1.92. The maximum Gasteiger partial charge on any atom is 0.308 e. The first-order valence-corrected chi connectivity index (χ1v) is 4.81. The predicted octanol–water partition coefficient (Wildman–Crippen LogP) is -0.543. The van der Waals surface area contributed by atoms with Gasteiger partial charge < -0.3 is 10.0 Å². The Labute approximate surface area is 92.7 Å². The van der Waals surface area contributed by atoms with Crippen molar-refractivity contribution < 1.29 is 14.7 Å². The van der Waals surface area contributed by atoms with E-state index in [9.17, 15) is 9.59 Å². The van der Waals surface area contributed by atoms with Crippen molar-refractivity contribution in [1.29, 1.82) is 0 Å². The predicted molar refractivity (Wildman–Crippen MR) is 54.5 cm³/mol. The van der Waals surface area contributed by atoms with Gasteiger partial charge in [0, 0.05) is 19.8 Å². The molecule has 0 aliphatic heterocycles. The zero-order valence-corrected chi connectivity index (χ0v) is 9.20. The van der Waals surface area contributed by atoms with E-state index in [2.05, 4.69) is 10.3 Å². The van der Waals surface area contributed by atoms with Crippen LogP contribution in [-0.2, 0) is 16.1 Å². The number of hydrogen-bond acceptors (Lipinski definition) is 4. The van der Waals surface area contributed by atoms with Crippen LogP contribution in [0.3, 0.4) is 0 Å². The standard InChI is InChI=1S/C9H14N4O3/c1-7(9(15)16)5-12(2)8(14)6-13-4-3-10-11-13/h3-4,7H,5-6H2,1-2H3,(H,15,16). The molecule has 0 spiro atoms. The van der Waals surface area contributed by atoms with E-state index in [1.165, 1.54) is 15.8 Å². The highest BCUT2D eigenvalue weighted by molar-refractivity contribution is 5.77. The summed E-state index contributed by atoms with van der Waals surface area (Å²) in [6.45, 7) is 1.81. The Bertz CT molecular complexity index is 363. The Morgan fingerprint density at radius 3 is 2.75 bits per heavy atom. The van der Waals surface area contributed by atoms with Crippen LogP contribution in [0.25, 0.3) is 0 Å². The maximum atomic E-state index is 11.6. The molecule has 1 rings (SSSR count). The van der Waals surface area contributed by atoms with E-state index in [0.717, 1.165) is 0 Å². The molecule has 0 saturated carbocycles. The number of aliphatic carboxylic acids is 1. The second-order valence-electron chi connectivity index (χ2n) is 3.61. The number of rotatable bonds is 5. The number of hydrogen-bond donors (Lipinski definition) is 1. The molecular formula is C9H14N4O3. The molecule has 1 amide bonds. The molecule has 0 aliphatic rings. The van der Waals surface area contributed by atoms with Gasteiger partial charge in [0.2, 0.25) is 5.91 Å². The van der Waals surface area contributed by atoms with Crippen LogP contribution in [0.1, 0.15) is 6.92 Å². The molecule has 7 nitrogen and oxygen atoms in total. The minimum absolute atomic E-state index is 0.0723. The lowest BCUT2D eigenvalue weighted by Crippen LogP contribution is -2.35. The van der Waals surface area contributed by atoms with Crippen molar-refractivity contribution in [3.8, 4) is 0 Å². The lowest BCUT2D eigenvalue weighted by Gasteiger charge is -2.19. The monoisotopic (exact) mass is 226 g/mol. The molecular weight excluding hydrogens is 212 g/mol. The van der Waals surface area contributed by atoms with E-state index in [4.69, 9.17) is 5.11 Å². The third-order valence-corrected chi connectivity index (χ3v) is 2.16. The molecule has 88 valence electrons. The molecule has 1 heterocycles. The van der Waals surface area contributed by atoms with Gasteiger partial charge in [0.25, 0.3) is 0 Å². The fourth-order valence-electron chi connectivity index (χ4n) is 1.17. The highest BCUT2D eigenvalue weighted by Crippen LogP contribution is 1.99. The fourth-order valence-corrected chi connectivity index (χ4v) is 1.17. The molecule has 1 aromatic rings. The molecule has 0 saturated heterocycles. The van der Waals surface area contributed by atoms with Gasteiger partial charge in [0.05, 0.1) is 12.1 Å². The molecule has 0 fully saturated rings. The van der Waals surface area contributed by atoms with E-state index in [1.807, 2.05) is 0 Å². The van der Waals surface area contributed by atoms with Crippen molar-refractivity contribution >= 4 is 11.9 Å². The number of carbonyl (C=O) groups excluding carboxylic acids is 1. The van der Waals surface area contributed by atoms with Crippen LogP contribution >= 0.6 is 0 Å². The number of amides is 1. The quantitative estimate of drug-likeness (QED) is 0.728. The van der Waals surface area contributed by atoms with Gasteiger partial charge in [-0.25, -0.2) is 4.68 Å². The van der Waals surface area contributed by atoms with Crippen LogP contribution < -0.4 is 0 Å². The number of carbonyl (C=O) groups is 2. The number of carboxylic acids is 1. The molecule has 16 heavy (non-hydrogen) atoms. The molecule has 0 aromatic carbocycles. The Balaban J connectivity index is 2.45. The summed E-state index contributed by atoms with van der Waals surface area (Å²) in [6.07, 6.45) is 3.06.